The maximum atomic E-state index is 13.4. The van der Waals surface area contributed by atoms with Crippen LogP contribution in [0.4, 0.5) is 14.5 Å². The van der Waals surface area contributed by atoms with Crippen LogP contribution in [-0.4, -0.2) is 13.0 Å². The molecule has 1 amide bonds. The molecule has 98 valence electrons. The lowest BCUT2D eigenvalue weighted by molar-refractivity contribution is 0.102. The summed E-state index contributed by atoms with van der Waals surface area (Å²) in [6.07, 6.45) is 0. The van der Waals surface area contributed by atoms with Crippen LogP contribution in [0, 0.1) is 11.6 Å². The number of anilines is 1. The number of methoxy groups -OCH3 is 1. The Morgan fingerprint density at radius 3 is 2.58 bits per heavy atom. The van der Waals surface area contributed by atoms with E-state index in [1.165, 1.54) is 37.4 Å². The molecule has 0 aliphatic heterocycles. The largest absolute Gasteiger partial charge is 0.495 e. The van der Waals surface area contributed by atoms with Gasteiger partial charge in [0.25, 0.3) is 5.91 Å². The molecule has 0 aromatic heterocycles. The van der Waals surface area contributed by atoms with E-state index in [4.69, 9.17) is 4.74 Å². The van der Waals surface area contributed by atoms with Gasteiger partial charge in [-0.15, -0.1) is 0 Å². The summed E-state index contributed by atoms with van der Waals surface area (Å²) in [7, 11) is 1.39. The van der Waals surface area contributed by atoms with Crippen LogP contribution in [0.15, 0.2) is 42.5 Å². The SMILES string of the molecule is COc1ccc(F)cc1NC(=O)c1ccccc1F. The molecule has 0 bridgehead atoms. The molecule has 2 aromatic rings. The molecule has 2 rings (SSSR count). The van der Waals surface area contributed by atoms with Gasteiger partial charge in [-0.2, -0.15) is 0 Å². The summed E-state index contributed by atoms with van der Waals surface area (Å²) < 4.78 is 31.6. The molecule has 0 atom stereocenters. The third-order valence-corrected chi connectivity index (χ3v) is 2.53. The van der Waals surface area contributed by atoms with Crippen LogP contribution in [0.5, 0.6) is 5.75 Å². The van der Waals surface area contributed by atoms with E-state index in [1.54, 1.807) is 6.07 Å². The average molecular weight is 263 g/mol. The van der Waals surface area contributed by atoms with E-state index >= 15 is 0 Å². The Kier molecular flexibility index (Phi) is 3.75. The highest BCUT2D eigenvalue weighted by atomic mass is 19.1. The lowest BCUT2D eigenvalue weighted by Crippen LogP contribution is -2.14. The van der Waals surface area contributed by atoms with Crippen LogP contribution >= 0.6 is 0 Å². The van der Waals surface area contributed by atoms with Gasteiger partial charge in [-0.25, -0.2) is 8.78 Å². The lowest BCUT2D eigenvalue weighted by Gasteiger charge is -2.10. The minimum atomic E-state index is -0.665. The molecular formula is C14H11F2NO2. The van der Waals surface area contributed by atoms with Crippen LogP contribution in [0.25, 0.3) is 0 Å². The number of ether oxygens (including phenoxy) is 1. The molecule has 0 spiro atoms. The second-order valence-corrected chi connectivity index (χ2v) is 3.78. The van der Waals surface area contributed by atoms with Crippen LogP contribution in [0.2, 0.25) is 0 Å². The molecule has 0 aliphatic rings. The number of halogens is 2. The molecule has 5 heteroatoms. The Bertz CT molecular complexity index is 614. The molecule has 0 radical (unpaired) electrons. The summed E-state index contributed by atoms with van der Waals surface area (Å²) in [5.41, 5.74) is 0.0320. The molecule has 3 nitrogen and oxygen atoms in total. The van der Waals surface area contributed by atoms with Crippen molar-refractivity contribution in [2.75, 3.05) is 12.4 Å². The first-order valence-electron chi connectivity index (χ1n) is 5.51. The van der Waals surface area contributed by atoms with E-state index in [9.17, 15) is 13.6 Å². The Morgan fingerprint density at radius 1 is 1.16 bits per heavy atom. The first-order valence-corrected chi connectivity index (χ1v) is 5.51. The standard InChI is InChI=1S/C14H11F2NO2/c1-19-13-7-6-9(15)8-12(13)17-14(18)10-4-2-3-5-11(10)16/h2-8H,1H3,(H,17,18). The summed E-state index contributed by atoms with van der Waals surface area (Å²) in [6.45, 7) is 0. The smallest absolute Gasteiger partial charge is 0.258 e. The van der Waals surface area contributed by atoms with Gasteiger partial charge in [-0.05, 0) is 24.3 Å². The molecule has 0 saturated heterocycles. The fourth-order valence-electron chi connectivity index (χ4n) is 1.61. The van der Waals surface area contributed by atoms with Crippen molar-refractivity contribution in [1.82, 2.24) is 0 Å². The number of carbonyl (C=O) groups excluding carboxylic acids is 1. The Morgan fingerprint density at radius 2 is 1.89 bits per heavy atom. The molecular weight excluding hydrogens is 252 g/mol. The second-order valence-electron chi connectivity index (χ2n) is 3.78. The van der Waals surface area contributed by atoms with Crippen molar-refractivity contribution in [3.8, 4) is 5.75 Å². The number of hydrogen-bond acceptors (Lipinski definition) is 2. The zero-order chi connectivity index (χ0) is 13.8. The van der Waals surface area contributed by atoms with Gasteiger partial charge >= 0.3 is 0 Å². The maximum absolute atomic E-state index is 13.4. The molecule has 2 aromatic carbocycles. The summed E-state index contributed by atoms with van der Waals surface area (Å²) in [4.78, 5) is 11.9. The Labute approximate surface area is 108 Å². The topological polar surface area (TPSA) is 38.3 Å². The molecule has 0 saturated carbocycles. The summed E-state index contributed by atoms with van der Waals surface area (Å²) in [6, 6.07) is 9.24. The molecule has 0 fully saturated rings. The number of amides is 1. The van der Waals surface area contributed by atoms with Crippen LogP contribution in [-0.2, 0) is 0 Å². The summed E-state index contributed by atoms with van der Waals surface area (Å²) in [5, 5.41) is 2.42. The number of benzene rings is 2. The van der Waals surface area contributed by atoms with Crippen molar-refractivity contribution in [1.29, 1.82) is 0 Å². The van der Waals surface area contributed by atoms with Crippen LogP contribution in [0.3, 0.4) is 0 Å². The second kappa shape index (κ2) is 5.48. The quantitative estimate of drug-likeness (QED) is 0.923. The van der Waals surface area contributed by atoms with Crippen LogP contribution in [0.1, 0.15) is 10.4 Å². The third-order valence-electron chi connectivity index (χ3n) is 2.53. The molecule has 19 heavy (non-hydrogen) atoms. The zero-order valence-electron chi connectivity index (χ0n) is 10.1. The number of rotatable bonds is 3. The molecule has 0 aliphatic carbocycles. The highest BCUT2D eigenvalue weighted by Gasteiger charge is 2.13. The van der Waals surface area contributed by atoms with Crippen molar-refractivity contribution >= 4 is 11.6 Å². The van der Waals surface area contributed by atoms with E-state index in [0.717, 1.165) is 6.07 Å². The van der Waals surface area contributed by atoms with Gasteiger partial charge in [0.1, 0.15) is 17.4 Å². The van der Waals surface area contributed by atoms with Gasteiger partial charge in [0, 0.05) is 6.07 Å². The highest BCUT2D eigenvalue weighted by Crippen LogP contribution is 2.25. The van der Waals surface area contributed by atoms with Gasteiger partial charge in [0.05, 0.1) is 18.4 Å². The van der Waals surface area contributed by atoms with Crippen LogP contribution < -0.4 is 10.1 Å². The van der Waals surface area contributed by atoms with Gasteiger partial charge in [-0.1, -0.05) is 12.1 Å². The van der Waals surface area contributed by atoms with E-state index in [1.807, 2.05) is 0 Å². The Hall–Kier alpha value is -2.43. The van der Waals surface area contributed by atoms with Crippen molar-refractivity contribution in [3.05, 3.63) is 59.7 Å². The molecule has 0 heterocycles. The minimum Gasteiger partial charge on any atom is -0.495 e. The molecule has 1 N–H and O–H groups in total. The van der Waals surface area contributed by atoms with E-state index < -0.39 is 17.5 Å². The van der Waals surface area contributed by atoms with E-state index in [0.29, 0.717) is 5.75 Å². The zero-order valence-corrected chi connectivity index (χ0v) is 10.1. The van der Waals surface area contributed by atoms with Crippen molar-refractivity contribution in [2.24, 2.45) is 0 Å². The van der Waals surface area contributed by atoms with E-state index in [2.05, 4.69) is 5.32 Å². The minimum absolute atomic E-state index is 0.117. The van der Waals surface area contributed by atoms with Crippen molar-refractivity contribution in [2.45, 2.75) is 0 Å². The number of hydrogen-bond donors (Lipinski definition) is 1. The van der Waals surface area contributed by atoms with E-state index in [-0.39, 0.29) is 11.3 Å². The number of nitrogens with one attached hydrogen (secondary N) is 1. The monoisotopic (exact) mass is 263 g/mol. The first kappa shape index (κ1) is 13.0. The fraction of sp³-hybridized carbons (Fsp3) is 0.0714. The van der Waals surface area contributed by atoms with Gasteiger partial charge in [0.15, 0.2) is 0 Å². The predicted molar refractivity (Wildman–Crippen MR) is 67.3 cm³/mol. The van der Waals surface area contributed by atoms with Crippen molar-refractivity contribution < 1.29 is 18.3 Å². The lowest BCUT2D eigenvalue weighted by atomic mass is 10.2. The summed E-state index contributed by atoms with van der Waals surface area (Å²) in [5.74, 6) is -1.53. The van der Waals surface area contributed by atoms with Gasteiger partial charge in [0.2, 0.25) is 0 Å². The highest BCUT2D eigenvalue weighted by molar-refractivity contribution is 6.05. The van der Waals surface area contributed by atoms with Crippen molar-refractivity contribution in [3.63, 3.8) is 0 Å². The van der Waals surface area contributed by atoms with Gasteiger partial charge < -0.3 is 10.1 Å². The molecule has 0 unspecified atom stereocenters. The third kappa shape index (κ3) is 2.88. The normalized spacial score (nSPS) is 10.1. The Balaban J connectivity index is 2.29. The van der Waals surface area contributed by atoms with Gasteiger partial charge in [-0.3, -0.25) is 4.79 Å². The maximum Gasteiger partial charge on any atom is 0.258 e. The predicted octanol–water partition coefficient (Wildman–Crippen LogP) is 3.23. The fourth-order valence-corrected chi connectivity index (χ4v) is 1.61. The average Bonchev–Trinajstić information content (AvgIpc) is 2.39. The first-order chi connectivity index (χ1) is 9.11. The number of carbonyl (C=O) groups is 1. The summed E-state index contributed by atoms with van der Waals surface area (Å²) >= 11 is 0.